The van der Waals surface area contributed by atoms with E-state index in [-0.39, 0.29) is 17.9 Å². The topological polar surface area (TPSA) is 49.9 Å². The van der Waals surface area contributed by atoms with Crippen LogP contribution in [0.4, 0.5) is 0 Å². The predicted molar refractivity (Wildman–Crippen MR) is 103 cm³/mol. The first kappa shape index (κ1) is 18.5. The molecule has 0 aliphatic carbocycles. The summed E-state index contributed by atoms with van der Waals surface area (Å²) in [5.41, 5.74) is 0.648. The van der Waals surface area contributed by atoms with E-state index in [1.54, 1.807) is 0 Å². The molecule has 5 heteroatoms. The Kier molecular flexibility index (Phi) is 5.22. The highest BCUT2D eigenvalue weighted by molar-refractivity contribution is 5.81. The minimum absolute atomic E-state index is 0.0836. The largest absolute Gasteiger partial charge is 0.466 e. The molecule has 0 radical (unpaired) electrons. The Morgan fingerprint density at radius 3 is 2.59 bits per heavy atom. The third-order valence-corrected chi connectivity index (χ3v) is 6.70. The van der Waals surface area contributed by atoms with Crippen LogP contribution in [0.2, 0.25) is 0 Å². The number of nitrogens with zero attached hydrogens (tertiary/aromatic N) is 2. The minimum atomic E-state index is -0.522. The first-order valence-corrected chi connectivity index (χ1v) is 10.4. The number of benzene rings is 1. The van der Waals surface area contributed by atoms with Crippen LogP contribution < -0.4 is 0 Å². The zero-order chi connectivity index (χ0) is 18.9. The molecule has 5 nitrogen and oxygen atoms in total. The Morgan fingerprint density at radius 1 is 1.15 bits per heavy atom. The molecule has 0 unspecified atom stereocenters. The van der Waals surface area contributed by atoms with Crippen LogP contribution in [0.1, 0.15) is 44.6 Å². The third kappa shape index (κ3) is 3.38. The third-order valence-electron chi connectivity index (χ3n) is 6.70. The Morgan fingerprint density at radius 2 is 1.89 bits per heavy atom. The van der Waals surface area contributed by atoms with Crippen molar-refractivity contribution in [1.29, 1.82) is 0 Å². The van der Waals surface area contributed by atoms with Gasteiger partial charge in [0.15, 0.2) is 0 Å². The number of fused-ring (bicyclic) bond motifs is 2. The Balaban J connectivity index is 1.56. The Bertz CT molecular complexity index is 686. The molecule has 3 atom stereocenters. The summed E-state index contributed by atoms with van der Waals surface area (Å²) in [7, 11) is 0. The van der Waals surface area contributed by atoms with E-state index in [4.69, 9.17) is 4.74 Å². The van der Waals surface area contributed by atoms with Crippen molar-refractivity contribution in [3.05, 3.63) is 35.9 Å². The van der Waals surface area contributed by atoms with Gasteiger partial charge in [-0.1, -0.05) is 30.3 Å². The zero-order valence-corrected chi connectivity index (χ0v) is 16.2. The second kappa shape index (κ2) is 7.63. The molecule has 2 bridgehead atoms. The number of hydrogen-bond acceptors (Lipinski definition) is 4. The van der Waals surface area contributed by atoms with Gasteiger partial charge in [0, 0.05) is 25.2 Å². The molecule has 27 heavy (non-hydrogen) atoms. The molecule has 3 saturated heterocycles. The van der Waals surface area contributed by atoms with Gasteiger partial charge in [0.2, 0.25) is 5.91 Å². The van der Waals surface area contributed by atoms with Crippen molar-refractivity contribution in [2.45, 2.75) is 57.5 Å². The van der Waals surface area contributed by atoms with Gasteiger partial charge in [-0.05, 0) is 51.0 Å². The number of carbonyl (C=O) groups excluding carboxylic acids is 2. The van der Waals surface area contributed by atoms with Gasteiger partial charge < -0.3 is 9.64 Å². The fourth-order valence-electron chi connectivity index (χ4n) is 5.48. The summed E-state index contributed by atoms with van der Waals surface area (Å²) >= 11 is 0. The molecule has 0 aromatic heterocycles. The number of ether oxygens (including phenoxy) is 1. The molecular weight excluding hydrogens is 340 g/mol. The number of esters is 1. The zero-order valence-electron chi connectivity index (χ0n) is 16.2. The average molecular weight is 370 g/mol. The molecule has 3 fully saturated rings. The van der Waals surface area contributed by atoms with E-state index in [1.807, 2.05) is 30.0 Å². The first-order chi connectivity index (χ1) is 13.1. The fourth-order valence-corrected chi connectivity index (χ4v) is 5.48. The lowest BCUT2D eigenvalue weighted by atomic mass is 9.70. The van der Waals surface area contributed by atoms with E-state index < -0.39 is 5.41 Å². The van der Waals surface area contributed by atoms with Crippen molar-refractivity contribution in [2.75, 3.05) is 26.2 Å². The lowest BCUT2D eigenvalue weighted by Crippen LogP contribution is -2.48. The van der Waals surface area contributed by atoms with Crippen LogP contribution in [0.15, 0.2) is 30.3 Å². The van der Waals surface area contributed by atoms with Crippen LogP contribution in [0.5, 0.6) is 0 Å². The molecule has 3 aliphatic rings. The molecule has 1 aromatic rings. The van der Waals surface area contributed by atoms with Gasteiger partial charge in [-0.15, -0.1) is 0 Å². The van der Waals surface area contributed by atoms with Crippen LogP contribution in [0.25, 0.3) is 0 Å². The molecule has 3 heterocycles. The Hall–Kier alpha value is -1.88. The molecule has 0 saturated carbocycles. The van der Waals surface area contributed by atoms with Crippen molar-refractivity contribution in [1.82, 2.24) is 9.80 Å². The monoisotopic (exact) mass is 370 g/mol. The lowest BCUT2D eigenvalue weighted by molar-refractivity contribution is -0.158. The van der Waals surface area contributed by atoms with Gasteiger partial charge in [-0.2, -0.15) is 0 Å². The van der Waals surface area contributed by atoms with Crippen molar-refractivity contribution in [3.63, 3.8) is 0 Å². The molecule has 1 aromatic carbocycles. The number of amides is 1. The highest BCUT2D eigenvalue weighted by Gasteiger charge is 2.60. The lowest BCUT2D eigenvalue weighted by Gasteiger charge is -2.35. The van der Waals surface area contributed by atoms with Crippen molar-refractivity contribution in [3.8, 4) is 0 Å². The Labute approximate surface area is 161 Å². The van der Waals surface area contributed by atoms with Crippen LogP contribution in [0.3, 0.4) is 0 Å². The predicted octanol–water partition coefficient (Wildman–Crippen LogP) is 2.64. The second-order valence-electron chi connectivity index (χ2n) is 8.25. The minimum Gasteiger partial charge on any atom is -0.466 e. The maximum atomic E-state index is 13.1. The van der Waals surface area contributed by atoms with Gasteiger partial charge in [0.05, 0.1) is 18.6 Å². The van der Waals surface area contributed by atoms with E-state index in [9.17, 15) is 9.59 Å². The van der Waals surface area contributed by atoms with Crippen LogP contribution in [-0.4, -0.2) is 60.0 Å². The van der Waals surface area contributed by atoms with Gasteiger partial charge in [-0.3, -0.25) is 14.5 Å². The summed E-state index contributed by atoms with van der Waals surface area (Å²) in [5.74, 6) is 0.142. The number of rotatable bonds is 6. The number of likely N-dealkylation sites (tertiary alicyclic amines) is 1. The summed E-state index contributed by atoms with van der Waals surface area (Å²) in [6, 6.07) is 10.6. The van der Waals surface area contributed by atoms with E-state index >= 15 is 0 Å². The highest BCUT2D eigenvalue weighted by atomic mass is 16.5. The summed E-state index contributed by atoms with van der Waals surface area (Å²) in [6.07, 6.45) is 5.77. The maximum absolute atomic E-state index is 13.1. The number of carbonyl (C=O) groups is 2. The smallest absolute Gasteiger partial charge is 0.314 e. The van der Waals surface area contributed by atoms with Crippen LogP contribution in [-0.2, 0) is 20.7 Å². The van der Waals surface area contributed by atoms with E-state index in [0.29, 0.717) is 25.6 Å². The quantitative estimate of drug-likeness (QED) is 0.723. The SMILES string of the molecule is CCOC(=O)[C@@]1(Cc2ccccc2)C[C@H]2CC[C@@H]1N2CC(=O)N1CCCC1. The van der Waals surface area contributed by atoms with E-state index in [0.717, 1.165) is 45.2 Å². The molecule has 0 spiro atoms. The van der Waals surface area contributed by atoms with Gasteiger partial charge in [-0.25, -0.2) is 0 Å². The molecule has 1 amide bonds. The van der Waals surface area contributed by atoms with Crippen molar-refractivity contribution < 1.29 is 14.3 Å². The van der Waals surface area contributed by atoms with Crippen molar-refractivity contribution in [2.24, 2.45) is 5.41 Å². The summed E-state index contributed by atoms with van der Waals surface area (Å²) in [4.78, 5) is 30.2. The molecular formula is C22H30N2O3. The highest BCUT2D eigenvalue weighted by Crippen LogP contribution is 2.52. The normalized spacial score (nSPS) is 30.0. The van der Waals surface area contributed by atoms with Crippen LogP contribution >= 0.6 is 0 Å². The molecule has 0 N–H and O–H groups in total. The van der Waals surface area contributed by atoms with Crippen molar-refractivity contribution >= 4 is 11.9 Å². The standard InChI is InChI=1S/C22H30N2O3/c1-2-27-21(26)22(14-17-8-4-3-5-9-17)15-18-10-11-19(22)24(18)16-20(25)23-12-6-7-13-23/h3-5,8-9,18-19H,2,6-7,10-16H2,1H3/t18-,19+,22+/m1/s1. The van der Waals surface area contributed by atoms with Gasteiger partial charge >= 0.3 is 5.97 Å². The fraction of sp³-hybridized carbons (Fsp3) is 0.636. The maximum Gasteiger partial charge on any atom is 0.314 e. The summed E-state index contributed by atoms with van der Waals surface area (Å²) < 4.78 is 5.55. The molecule has 3 aliphatic heterocycles. The summed E-state index contributed by atoms with van der Waals surface area (Å²) in [5, 5.41) is 0. The molecule has 4 rings (SSSR count). The molecule has 146 valence electrons. The van der Waals surface area contributed by atoms with E-state index in [1.165, 1.54) is 5.56 Å². The second-order valence-corrected chi connectivity index (χ2v) is 8.25. The number of hydrogen-bond donors (Lipinski definition) is 0. The van der Waals surface area contributed by atoms with E-state index in [2.05, 4.69) is 17.0 Å². The first-order valence-electron chi connectivity index (χ1n) is 10.4. The van der Waals surface area contributed by atoms with Crippen LogP contribution in [0, 0.1) is 5.41 Å². The summed E-state index contributed by atoms with van der Waals surface area (Å²) in [6.45, 7) is 4.49. The average Bonchev–Trinajstić information content (AvgIpc) is 3.39. The van der Waals surface area contributed by atoms with Gasteiger partial charge in [0.25, 0.3) is 0 Å². The van der Waals surface area contributed by atoms with Gasteiger partial charge in [0.1, 0.15) is 0 Å².